The van der Waals surface area contributed by atoms with Gasteiger partial charge in [0.1, 0.15) is 16.8 Å². The van der Waals surface area contributed by atoms with Crippen molar-refractivity contribution in [3.8, 4) is 0 Å². The normalized spacial score (nSPS) is 17.0. The van der Waals surface area contributed by atoms with Gasteiger partial charge in [0.25, 0.3) is 20.2 Å². The van der Waals surface area contributed by atoms with E-state index in [0.717, 1.165) is 5.71 Å². The molecule has 1 aromatic carbocycles. The quantitative estimate of drug-likeness (QED) is 0.607. The lowest BCUT2D eigenvalue weighted by molar-refractivity contribution is -0.402. The van der Waals surface area contributed by atoms with Crippen LogP contribution in [0.5, 0.6) is 0 Å². The van der Waals surface area contributed by atoms with E-state index in [1.165, 1.54) is 13.8 Å². The van der Waals surface area contributed by atoms with Crippen LogP contribution in [0.3, 0.4) is 0 Å². The molecule has 0 amide bonds. The summed E-state index contributed by atoms with van der Waals surface area (Å²) >= 11 is 0. The maximum absolute atomic E-state index is 12.0. The van der Waals surface area contributed by atoms with Gasteiger partial charge in [-0.1, -0.05) is 12.2 Å². The highest BCUT2D eigenvalue weighted by atomic mass is 32.2. The number of fused-ring (bicyclic) bond motifs is 3. The van der Waals surface area contributed by atoms with Crippen molar-refractivity contribution in [3.05, 3.63) is 34.9 Å². The topological polar surface area (TPSA) is 112 Å². The van der Waals surface area contributed by atoms with Crippen LogP contribution in [0.25, 0.3) is 5.57 Å². The molecule has 1 heterocycles. The lowest BCUT2D eigenvalue weighted by atomic mass is 9.94. The van der Waals surface area contributed by atoms with Gasteiger partial charge in [0.15, 0.2) is 5.71 Å². The second kappa shape index (κ2) is 5.09. The van der Waals surface area contributed by atoms with E-state index in [9.17, 15) is 25.9 Å². The Bertz CT molecular complexity index is 1090. The molecule has 9 heteroatoms. The Balaban J connectivity index is 2.62. The van der Waals surface area contributed by atoms with Crippen molar-refractivity contribution in [2.75, 3.05) is 7.05 Å². The fraction of sp³-hybridized carbons (Fsp3) is 0.267. The van der Waals surface area contributed by atoms with Crippen LogP contribution in [0, 0.1) is 13.8 Å². The predicted molar refractivity (Wildman–Crippen MR) is 88.1 cm³/mol. The number of nitrogens with zero attached hydrogens (tertiary/aromatic N) is 1. The smallest absolute Gasteiger partial charge is 0.282 e. The van der Waals surface area contributed by atoms with Crippen molar-refractivity contribution < 1.29 is 30.5 Å². The molecule has 2 aliphatic rings. The second-order valence-corrected chi connectivity index (χ2v) is 8.52. The minimum absolute atomic E-state index is 0.193. The van der Waals surface area contributed by atoms with Crippen molar-refractivity contribution in [3.63, 3.8) is 0 Å². The predicted octanol–water partition coefficient (Wildman–Crippen LogP) is 1.87. The van der Waals surface area contributed by atoms with E-state index < -0.39 is 30.0 Å². The molecule has 7 nitrogen and oxygen atoms in total. The van der Waals surface area contributed by atoms with Crippen molar-refractivity contribution in [1.82, 2.24) is 0 Å². The van der Waals surface area contributed by atoms with Crippen molar-refractivity contribution in [2.24, 2.45) is 0 Å². The van der Waals surface area contributed by atoms with E-state index in [0.29, 0.717) is 17.7 Å². The van der Waals surface area contributed by atoms with Gasteiger partial charge in [-0.25, -0.2) is 0 Å². The molecule has 0 aromatic heterocycles. The minimum atomic E-state index is -4.71. The Morgan fingerprint density at radius 1 is 1.00 bits per heavy atom. The molecule has 128 valence electrons. The van der Waals surface area contributed by atoms with E-state index in [4.69, 9.17) is 0 Å². The van der Waals surface area contributed by atoms with Gasteiger partial charge in [-0.3, -0.25) is 9.11 Å². The van der Waals surface area contributed by atoms with Crippen molar-refractivity contribution in [2.45, 2.75) is 30.1 Å². The second-order valence-electron chi connectivity index (χ2n) is 5.80. The lowest BCUT2D eigenvalue weighted by Crippen LogP contribution is -2.13. The van der Waals surface area contributed by atoms with Crippen LogP contribution in [0.4, 0.5) is 5.69 Å². The van der Waals surface area contributed by atoms with Gasteiger partial charge in [0, 0.05) is 5.56 Å². The standard InChI is InChI=1S/C15H15NO6S2/c1-8-13-12(10-6-4-5-7-11(10)16(13)3)15(24(20,21)22)9(2)14(8)23(17,18)19/h4-6H,7H2,1-3H3,(H-,17,18,19,20,21,22)/p+1. The van der Waals surface area contributed by atoms with Crippen LogP contribution >= 0.6 is 0 Å². The first-order chi connectivity index (χ1) is 11.0. The van der Waals surface area contributed by atoms with Gasteiger partial charge in [0.05, 0.1) is 17.6 Å². The molecule has 3 rings (SSSR count). The molecule has 0 saturated carbocycles. The summed E-state index contributed by atoms with van der Waals surface area (Å²) in [6.45, 7) is 2.77. The SMILES string of the molecule is Cc1c2c(c(S(=O)(=O)O)c(C)c1S(=O)(=O)O)C1=CC=CCC1=[N+]2C. The Kier molecular flexibility index (Phi) is 3.61. The van der Waals surface area contributed by atoms with Gasteiger partial charge < -0.3 is 0 Å². The molecule has 0 atom stereocenters. The maximum Gasteiger partial charge on any atom is 0.295 e. The Labute approximate surface area is 140 Å². The molecule has 1 aliphatic heterocycles. The molecule has 1 aromatic rings. The number of benzene rings is 1. The van der Waals surface area contributed by atoms with Gasteiger partial charge in [-0.15, -0.1) is 0 Å². The van der Waals surface area contributed by atoms with Gasteiger partial charge in [0.2, 0.25) is 5.69 Å². The highest BCUT2D eigenvalue weighted by molar-refractivity contribution is 7.86. The van der Waals surface area contributed by atoms with E-state index in [1.807, 2.05) is 6.08 Å². The van der Waals surface area contributed by atoms with E-state index in [1.54, 1.807) is 23.8 Å². The van der Waals surface area contributed by atoms with Crippen LogP contribution in [0.2, 0.25) is 0 Å². The monoisotopic (exact) mass is 370 g/mol. The molecule has 0 spiro atoms. The third-order valence-electron chi connectivity index (χ3n) is 4.39. The maximum atomic E-state index is 12.0. The average Bonchev–Trinajstić information content (AvgIpc) is 2.70. The van der Waals surface area contributed by atoms with Gasteiger partial charge in [-0.05, 0) is 25.5 Å². The summed E-state index contributed by atoms with van der Waals surface area (Å²) in [6.07, 6.45) is 5.93. The Hall–Kier alpha value is -1.81. The number of hydrogen-bond donors (Lipinski definition) is 2. The van der Waals surface area contributed by atoms with Crippen LogP contribution < -0.4 is 0 Å². The fourth-order valence-corrected chi connectivity index (χ4v) is 5.57. The van der Waals surface area contributed by atoms with Crippen LogP contribution in [-0.2, 0) is 20.2 Å². The third-order valence-corrected chi connectivity index (χ3v) is 6.54. The Morgan fingerprint density at radius 3 is 2.12 bits per heavy atom. The van der Waals surface area contributed by atoms with Crippen LogP contribution in [0.15, 0.2) is 28.0 Å². The summed E-state index contributed by atoms with van der Waals surface area (Å²) in [4.78, 5) is -0.979. The van der Waals surface area contributed by atoms with E-state index >= 15 is 0 Å². The molecule has 24 heavy (non-hydrogen) atoms. The molecule has 0 fully saturated rings. The van der Waals surface area contributed by atoms with Crippen LogP contribution in [-0.4, -0.2) is 43.3 Å². The number of hydrogen-bond acceptors (Lipinski definition) is 4. The summed E-state index contributed by atoms with van der Waals surface area (Å²) < 4.78 is 68.6. The molecular weight excluding hydrogens is 354 g/mol. The molecule has 0 saturated heterocycles. The van der Waals surface area contributed by atoms with Gasteiger partial charge >= 0.3 is 0 Å². The lowest BCUT2D eigenvalue weighted by Gasteiger charge is -2.14. The van der Waals surface area contributed by atoms with E-state index in [-0.39, 0.29) is 16.7 Å². The van der Waals surface area contributed by atoms with Gasteiger partial charge in [-0.2, -0.15) is 21.4 Å². The summed E-state index contributed by atoms with van der Waals surface area (Å²) in [6, 6.07) is 0. The molecule has 1 aliphatic carbocycles. The first-order valence-electron chi connectivity index (χ1n) is 7.05. The largest absolute Gasteiger partial charge is 0.295 e. The minimum Gasteiger partial charge on any atom is -0.282 e. The summed E-state index contributed by atoms with van der Waals surface area (Å²) in [5.41, 5.74) is 2.08. The third kappa shape index (κ3) is 2.27. The Morgan fingerprint density at radius 2 is 1.58 bits per heavy atom. The zero-order valence-corrected chi connectivity index (χ0v) is 14.9. The average molecular weight is 370 g/mol. The highest BCUT2D eigenvalue weighted by Crippen LogP contribution is 2.46. The molecule has 0 radical (unpaired) electrons. The summed E-state index contributed by atoms with van der Waals surface area (Å²) in [5, 5.41) is 0. The number of rotatable bonds is 2. The van der Waals surface area contributed by atoms with Crippen molar-refractivity contribution in [1.29, 1.82) is 0 Å². The van der Waals surface area contributed by atoms with E-state index in [2.05, 4.69) is 0 Å². The summed E-state index contributed by atoms with van der Waals surface area (Å²) in [5.74, 6) is 0. The zero-order valence-electron chi connectivity index (χ0n) is 13.2. The summed E-state index contributed by atoms with van der Waals surface area (Å²) in [7, 11) is -7.69. The molecule has 0 bridgehead atoms. The van der Waals surface area contributed by atoms with Crippen LogP contribution in [0.1, 0.15) is 23.1 Å². The molecular formula is C15H16NO6S2+. The highest BCUT2D eigenvalue weighted by Gasteiger charge is 2.43. The van der Waals surface area contributed by atoms with Crippen molar-refractivity contribution >= 4 is 37.2 Å². The first kappa shape index (κ1) is 17.0. The fourth-order valence-electron chi connectivity index (χ4n) is 3.58. The molecule has 0 unspecified atom stereocenters. The first-order valence-corrected chi connectivity index (χ1v) is 9.93. The number of allylic oxidation sites excluding steroid dienone is 4. The zero-order chi connectivity index (χ0) is 18.0. The molecule has 2 N–H and O–H groups in total.